The lowest BCUT2D eigenvalue weighted by atomic mass is 10.1. The Morgan fingerprint density at radius 3 is 2.50 bits per heavy atom. The highest BCUT2D eigenvalue weighted by molar-refractivity contribution is 5.43. The molecule has 1 aromatic heterocycles. The molecule has 0 aliphatic carbocycles. The van der Waals surface area contributed by atoms with Gasteiger partial charge in [-0.1, -0.05) is 18.2 Å². The van der Waals surface area contributed by atoms with Gasteiger partial charge >= 0.3 is 0 Å². The highest BCUT2D eigenvalue weighted by atomic mass is 16.5. The van der Waals surface area contributed by atoms with Gasteiger partial charge in [0, 0.05) is 18.9 Å². The van der Waals surface area contributed by atoms with E-state index in [-0.39, 0.29) is 0 Å². The van der Waals surface area contributed by atoms with Crippen LogP contribution in [-0.2, 0) is 13.0 Å². The highest BCUT2D eigenvalue weighted by Crippen LogP contribution is 2.24. The van der Waals surface area contributed by atoms with Crippen LogP contribution in [0.3, 0.4) is 0 Å². The summed E-state index contributed by atoms with van der Waals surface area (Å²) in [6.45, 7) is 6.01. The number of hydrogen-bond donors (Lipinski definition) is 1. The van der Waals surface area contributed by atoms with Gasteiger partial charge in [-0.25, -0.2) is 0 Å². The Morgan fingerprint density at radius 1 is 1.15 bits per heavy atom. The first-order valence-corrected chi connectivity index (χ1v) is 6.94. The van der Waals surface area contributed by atoms with E-state index in [4.69, 9.17) is 4.74 Å². The third-order valence-electron chi connectivity index (χ3n) is 3.37. The summed E-state index contributed by atoms with van der Waals surface area (Å²) in [4.78, 5) is 4.12. The summed E-state index contributed by atoms with van der Waals surface area (Å²) in [5, 5.41) is 3.47. The third kappa shape index (κ3) is 3.81. The Labute approximate surface area is 121 Å². The minimum Gasteiger partial charge on any atom is -0.496 e. The van der Waals surface area contributed by atoms with Crippen LogP contribution in [0.15, 0.2) is 36.7 Å². The Balaban J connectivity index is 1.85. The zero-order valence-corrected chi connectivity index (χ0v) is 12.4. The molecule has 1 N–H and O–H groups in total. The predicted octanol–water partition coefficient (Wildman–Crippen LogP) is 3.04. The zero-order chi connectivity index (χ0) is 14.4. The van der Waals surface area contributed by atoms with E-state index < -0.39 is 0 Å². The number of aryl methyl sites for hydroxylation is 2. The lowest BCUT2D eigenvalue weighted by Crippen LogP contribution is -2.17. The van der Waals surface area contributed by atoms with Crippen LogP contribution in [0, 0.1) is 13.8 Å². The fourth-order valence-corrected chi connectivity index (χ4v) is 2.48. The summed E-state index contributed by atoms with van der Waals surface area (Å²) in [5.41, 5.74) is 4.95. The average Bonchev–Trinajstić information content (AvgIpc) is 2.44. The van der Waals surface area contributed by atoms with Crippen LogP contribution in [0.5, 0.6) is 5.75 Å². The maximum absolute atomic E-state index is 5.39. The van der Waals surface area contributed by atoms with Crippen molar-refractivity contribution in [2.45, 2.75) is 26.8 Å². The van der Waals surface area contributed by atoms with E-state index in [0.29, 0.717) is 0 Å². The topological polar surface area (TPSA) is 34.1 Å². The van der Waals surface area contributed by atoms with Crippen molar-refractivity contribution in [2.75, 3.05) is 13.7 Å². The molecule has 0 radical (unpaired) electrons. The number of hydrogen-bond acceptors (Lipinski definition) is 3. The summed E-state index contributed by atoms with van der Waals surface area (Å²) in [6.07, 6.45) is 4.73. The predicted molar refractivity (Wildman–Crippen MR) is 82.1 cm³/mol. The Bertz CT molecular complexity index is 529. The summed E-state index contributed by atoms with van der Waals surface area (Å²) in [6, 6.07) is 8.45. The molecule has 1 heterocycles. The molecule has 0 aliphatic rings. The minimum atomic E-state index is 0.881. The van der Waals surface area contributed by atoms with Crippen molar-refractivity contribution in [3.8, 4) is 5.75 Å². The van der Waals surface area contributed by atoms with Crippen molar-refractivity contribution >= 4 is 0 Å². The van der Waals surface area contributed by atoms with Gasteiger partial charge in [-0.2, -0.15) is 0 Å². The molecule has 106 valence electrons. The van der Waals surface area contributed by atoms with Crippen molar-refractivity contribution in [3.63, 3.8) is 0 Å². The molecule has 0 atom stereocenters. The molecule has 0 spiro atoms. The summed E-state index contributed by atoms with van der Waals surface area (Å²) in [7, 11) is 1.72. The smallest absolute Gasteiger partial charge is 0.124 e. The molecule has 0 aliphatic heterocycles. The minimum absolute atomic E-state index is 0.881. The first-order chi connectivity index (χ1) is 9.70. The molecule has 1 aromatic carbocycles. The molecular formula is C17H22N2O. The molecule has 2 aromatic rings. The van der Waals surface area contributed by atoms with Gasteiger partial charge in [-0.3, -0.25) is 4.98 Å². The van der Waals surface area contributed by atoms with Crippen molar-refractivity contribution in [1.82, 2.24) is 10.3 Å². The third-order valence-corrected chi connectivity index (χ3v) is 3.37. The van der Waals surface area contributed by atoms with E-state index in [1.807, 2.05) is 12.3 Å². The van der Waals surface area contributed by atoms with Gasteiger partial charge in [0.1, 0.15) is 5.75 Å². The Morgan fingerprint density at radius 2 is 1.90 bits per heavy atom. The van der Waals surface area contributed by atoms with Gasteiger partial charge < -0.3 is 10.1 Å². The number of aromatic nitrogens is 1. The highest BCUT2D eigenvalue weighted by Gasteiger charge is 2.04. The number of nitrogens with zero attached hydrogens (tertiary/aromatic N) is 1. The van der Waals surface area contributed by atoms with Crippen LogP contribution in [0.1, 0.15) is 22.3 Å². The van der Waals surface area contributed by atoms with Crippen LogP contribution < -0.4 is 10.1 Å². The lowest BCUT2D eigenvalue weighted by molar-refractivity contribution is 0.408. The number of pyridine rings is 1. The number of ether oxygens (including phenoxy) is 1. The number of benzene rings is 1. The van der Waals surface area contributed by atoms with Crippen molar-refractivity contribution in [1.29, 1.82) is 0 Å². The molecule has 0 fully saturated rings. The molecule has 20 heavy (non-hydrogen) atoms. The van der Waals surface area contributed by atoms with Gasteiger partial charge in [0.05, 0.1) is 7.11 Å². The summed E-state index contributed by atoms with van der Waals surface area (Å²) in [5.74, 6) is 0.990. The normalized spacial score (nSPS) is 10.6. The van der Waals surface area contributed by atoms with Crippen LogP contribution in [0.4, 0.5) is 0 Å². The standard InChI is InChI=1S/C17H22N2O/c1-13-9-16(10-14(2)17(13)20-3)12-19-8-6-15-5-4-7-18-11-15/h4-5,7,9-11,19H,6,8,12H2,1-3H3. The second-order valence-corrected chi connectivity index (χ2v) is 5.05. The van der Waals surface area contributed by atoms with Gasteiger partial charge in [0.2, 0.25) is 0 Å². The van der Waals surface area contributed by atoms with Gasteiger partial charge in [-0.15, -0.1) is 0 Å². The van der Waals surface area contributed by atoms with E-state index in [1.165, 1.54) is 22.3 Å². The van der Waals surface area contributed by atoms with Crippen LogP contribution in [0.2, 0.25) is 0 Å². The van der Waals surface area contributed by atoms with Crippen LogP contribution >= 0.6 is 0 Å². The van der Waals surface area contributed by atoms with E-state index >= 15 is 0 Å². The lowest BCUT2D eigenvalue weighted by Gasteiger charge is -2.12. The second-order valence-electron chi connectivity index (χ2n) is 5.05. The molecule has 0 bridgehead atoms. The molecule has 0 saturated carbocycles. The molecular weight excluding hydrogens is 248 g/mol. The average molecular weight is 270 g/mol. The fourth-order valence-electron chi connectivity index (χ4n) is 2.48. The summed E-state index contributed by atoms with van der Waals surface area (Å²) >= 11 is 0. The number of rotatable bonds is 6. The first kappa shape index (κ1) is 14.5. The maximum atomic E-state index is 5.39. The van der Waals surface area contributed by atoms with Crippen molar-refractivity contribution in [3.05, 3.63) is 58.9 Å². The van der Waals surface area contributed by atoms with Crippen molar-refractivity contribution < 1.29 is 4.74 Å². The number of nitrogens with one attached hydrogen (secondary N) is 1. The van der Waals surface area contributed by atoms with Gasteiger partial charge in [-0.05, 0) is 55.1 Å². The van der Waals surface area contributed by atoms with E-state index in [1.54, 1.807) is 13.3 Å². The number of methoxy groups -OCH3 is 1. The van der Waals surface area contributed by atoms with Gasteiger partial charge in [0.15, 0.2) is 0 Å². The molecule has 0 unspecified atom stereocenters. The van der Waals surface area contributed by atoms with Crippen LogP contribution in [0.25, 0.3) is 0 Å². The maximum Gasteiger partial charge on any atom is 0.124 e. The molecule has 3 nitrogen and oxygen atoms in total. The molecule has 0 amide bonds. The summed E-state index contributed by atoms with van der Waals surface area (Å²) < 4.78 is 5.39. The quantitative estimate of drug-likeness (QED) is 0.819. The van der Waals surface area contributed by atoms with Crippen molar-refractivity contribution in [2.24, 2.45) is 0 Å². The fraction of sp³-hybridized carbons (Fsp3) is 0.353. The monoisotopic (exact) mass is 270 g/mol. The zero-order valence-electron chi connectivity index (χ0n) is 12.4. The Kier molecular flexibility index (Phi) is 5.13. The van der Waals surface area contributed by atoms with E-state index in [0.717, 1.165) is 25.3 Å². The largest absolute Gasteiger partial charge is 0.496 e. The van der Waals surface area contributed by atoms with Gasteiger partial charge in [0.25, 0.3) is 0 Å². The second kappa shape index (κ2) is 7.06. The SMILES string of the molecule is COc1c(C)cc(CNCCc2cccnc2)cc1C. The van der Waals surface area contributed by atoms with E-state index in [9.17, 15) is 0 Å². The molecule has 0 saturated heterocycles. The molecule has 3 heteroatoms. The Hall–Kier alpha value is -1.87. The van der Waals surface area contributed by atoms with Crippen LogP contribution in [-0.4, -0.2) is 18.6 Å². The van der Waals surface area contributed by atoms with E-state index in [2.05, 4.69) is 42.3 Å². The molecule has 2 rings (SSSR count). The first-order valence-electron chi connectivity index (χ1n) is 6.94.